The van der Waals surface area contributed by atoms with Gasteiger partial charge in [0.2, 0.25) is 6.29 Å². The molecule has 0 bridgehead atoms. The Morgan fingerprint density at radius 3 is 2.45 bits per heavy atom. The smallest absolute Gasteiger partial charge is 0.337 e. The second-order valence-corrected chi connectivity index (χ2v) is 8.16. The average Bonchev–Trinajstić information content (AvgIpc) is 2.98. The third-order valence-electron chi connectivity index (χ3n) is 5.96. The van der Waals surface area contributed by atoms with Crippen LogP contribution in [0.15, 0.2) is 11.8 Å². The Kier molecular flexibility index (Phi) is 6.91. The van der Waals surface area contributed by atoms with Crippen LogP contribution < -0.4 is 0 Å². The van der Waals surface area contributed by atoms with Gasteiger partial charge in [0, 0.05) is 19.3 Å². The molecule has 0 amide bonds. The summed E-state index contributed by atoms with van der Waals surface area (Å²) in [6, 6.07) is 0. The van der Waals surface area contributed by atoms with Crippen LogP contribution in [0.2, 0.25) is 0 Å². The van der Waals surface area contributed by atoms with E-state index in [2.05, 4.69) is 0 Å². The maximum Gasteiger partial charge on any atom is 0.337 e. The zero-order chi connectivity index (χ0) is 23.1. The van der Waals surface area contributed by atoms with Gasteiger partial charge in [-0.2, -0.15) is 0 Å². The van der Waals surface area contributed by atoms with Gasteiger partial charge in [-0.15, -0.1) is 0 Å². The molecule has 1 saturated heterocycles. The fourth-order valence-electron chi connectivity index (χ4n) is 4.51. The van der Waals surface area contributed by atoms with Crippen molar-refractivity contribution in [2.75, 3.05) is 13.7 Å². The molecular formula is C19H28O12. The van der Waals surface area contributed by atoms with Gasteiger partial charge in [-0.1, -0.05) is 0 Å². The summed E-state index contributed by atoms with van der Waals surface area (Å²) in [5.74, 6) is -3.15. The van der Waals surface area contributed by atoms with Crippen molar-refractivity contribution >= 4 is 11.9 Å². The van der Waals surface area contributed by atoms with E-state index in [1.165, 1.54) is 21.0 Å². The van der Waals surface area contributed by atoms with Gasteiger partial charge in [0.15, 0.2) is 6.29 Å². The number of methoxy groups -OCH3 is 1. The van der Waals surface area contributed by atoms with E-state index in [1.54, 1.807) is 0 Å². The number of fused-ring (bicyclic) bond motifs is 1. The highest BCUT2D eigenvalue weighted by molar-refractivity contribution is 5.89. The molecule has 0 aromatic carbocycles. The minimum absolute atomic E-state index is 0.0326. The molecule has 10 atom stereocenters. The summed E-state index contributed by atoms with van der Waals surface area (Å²) >= 11 is 0. The highest BCUT2D eigenvalue weighted by atomic mass is 16.8. The van der Waals surface area contributed by atoms with Gasteiger partial charge in [-0.25, -0.2) is 4.79 Å². The van der Waals surface area contributed by atoms with E-state index in [4.69, 9.17) is 23.7 Å². The minimum atomic E-state index is -1.69. The first-order valence-corrected chi connectivity index (χ1v) is 9.81. The van der Waals surface area contributed by atoms with Crippen molar-refractivity contribution in [2.45, 2.75) is 69.0 Å². The molecule has 3 rings (SSSR count). The van der Waals surface area contributed by atoms with Crippen LogP contribution in [-0.2, 0) is 33.3 Å². The Hall–Kier alpha value is -1.80. The Morgan fingerprint density at radius 2 is 1.87 bits per heavy atom. The number of aliphatic hydroxyl groups is 5. The van der Waals surface area contributed by atoms with Gasteiger partial charge in [0.1, 0.15) is 30.5 Å². The van der Waals surface area contributed by atoms with Crippen molar-refractivity contribution < 1.29 is 58.8 Å². The normalized spacial score (nSPS) is 44.6. The van der Waals surface area contributed by atoms with Crippen LogP contribution >= 0.6 is 0 Å². The Morgan fingerprint density at radius 1 is 1.19 bits per heavy atom. The van der Waals surface area contributed by atoms with Crippen molar-refractivity contribution in [3.63, 3.8) is 0 Å². The molecule has 0 aromatic heterocycles. The van der Waals surface area contributed by atoms with Crippen LogP contribution in [0.3, 0.4) is 0 Å². The largest absolute Gasteiger partial charge is 0.471 e. The predicted molar refractivity (Wildman–Crippen MR) is 97.6 cm³/mol. The fraction of sp³-hybridized carbons (Fsp3) is 0.789. The molecule has 1 saturated carbocycles. The minimum Gasteiger partial charge on any atom is -0.471 e. The highest BCUT2D eigenvalue weighted by Gasteiger charge is 2.61. The van der Waals surface area contributed by atoms with Crippen molar-refractivity contribution in [1.29, 1.82) is 0 Å². The van der Waals surface area contributed by atoms with Crippen LogP contribution in [0, 0.1) is 11.8 Å². The molecule has 1 aliphatic carbocycles. The summed E-state index contributed by atoms with van der Waals surface area (Å²) in [6.07, 6.45) is -8.82. The molecule has 0 spiro atoms. The van der Waals surface area contributed by atoms with E-state index >= 15 is 0 Å². The highest BCUT2D eigenvalue weighted by Crippen LogP contribution is 2.50. The number of hydrogen-bond donors (Lipinski definition) is 5. The first-order chi connectivity index (χ1) is 14.5. The Bertz CT molecular complexity index is 719. The quantitative estimate of drug-likeness (QED) is 0.280. The van der Waals surface area contributed by atoms with E-state index in [0.717, 1.165) is 6.26 Å². The summed E-state index contributed by atoms with van der Waals surface area (Å²) in [5.41, 5.74) is -1.50. The molecule has 2 heterocycles. The van der Waals surface area contributed by atoms with Gasteiger partial charge < -0.3 is 49.2 Å². The number of esters is 2. The number of hydrogen-bond acceptors (Lipinski definition) is 12. The zero-order valence-electron chi connectivity index (χ0n) is 17.3. The van der Waals surface area contributed by atoms with Crippen molar-refractivity contribution in [2.24, 2.45) is 11.8 Å². The molecule has 5 N–H and O–H groups in total. The fourth-order valence-corrected chi connectivity index (χ4v) is 4.51. The first kappa shape index (κ1) is 23.9. The SMILES string of the molecule is COC(=O)C1=CO[C@@H](O[C@H]2O[C@@H](CO)[C@H](O)[C@@H](O)[C@@H]2O)[C@H]2[C@@H]1[C@H](OC(C)=O)C[C@]2(C)O. The van der Waals surface area contributed by atoms with Crippen LogP contribution in [0.4, 0.5) is 0 Å². The molecular weight excluding hydrogens is 420 g/mol. The molecule has 2 aliphatic heterocycles. The Labute approximate surface area is 177 Å². The number of aliphatic hydroxyl groups excluding tert-OH is 4. The van der Waals surface area contributed by atoms with E-state index < -0.39 is 79.1 Å². The molecule has 0 aromatic rings. The summed E-state index contributed by atoms with van der Waals surface area (Å²) in [7, 11) is 1.17. The van der Waals surface area contributed by atoms with Gasteiger partial charge in [-0.3, -0.25) is 4.79 Å². The summed E-state index contributed by atoms with van der Waals surface area (Å²) in [4.78, 5) is 23.9. The molecule has 0 radical (unpaired) electrons. The molecule has 2 fully saturated rings. The first-order valence-electron chi connectivity index (χ1n) is 9.81. The summed E-state index contributed by atoms with van der Waals surface area (Å²) < 4.78 is 26.6. The van der Waals surface area contributed by atoms with Crippen LogP contribution in [0.5, 0.6) is 0 Å². The molecule has 0 unspecified atom stereocenters. The van der Waals surface area contributed by atoms with Crippen LogP contribution in [0.1, 0.15) is 20.3 Å². The lowest BCUT2D eigenvalue weighted by molar-refractivity contribution is -0.346. The predicted octanol–water partition coefficient (Wildman–Crippen LogP) is -2.47. The van der Waals surface area contributed by atoms with Crippen LogP contribution in [-0.4, -0.2) is 99.9 Å². The third kappa shape index (κ3) is 4.42. The van der Waals surface area contributed by atoms with Gasteiger partial charge in [0.25, 0.3) is 0 Å². The molecule has 12 nitrogen and oxygen atoms in total. The van der Waals surface area contributed by atoms with Gasteiger partial charge in [-0.05, 0) is 6.92 Å². The van der Waals surface area contributed by atoms with Crippen molar-refractivity contribution in [1.82, 2.24) is 0 Å². The summed E-state index contributed by atoms with van der Waals surface area (Å²) in [5, 5.41) is 50.6. The Balaban J connectivity index is 1.90. The summed E-state index contributed by atoms with van der Waals surface area (Å²) in [6.45, 7) is 2.01. The maximum absolute atomic E-state index is 12.3. The van der Waals surface area contributed by atoms with E-state index in [9.17, 15) is 35.1 Å². The molecule has 31 heavy (non-hydrogen) atoms. The van der Waals surface area contributed by atoms with E-state index in [1.807, 2.05) is 0 Å². The lowest BCUT2D eigenvalue weighted by Crippen LogP contribution is -2.60. The second-order valence-electron chi connectivity index (χ2n) is 8.16. The standard InChI is InChI=1S/C19H28O12/c1-7(21)29-9-4-19(2,26)12-11(9)8(16(25)27-3)6-28-17(12)31-18-15(24)14(23)13(22)10(5-20)30-18/h6,9-15,17-18,20,22-24,26H,4-5H2,1-3H3/t9-,10+,11+,12-,13+,14-,15+,17+,18-,19+/m1/s1. The van der Waals surface area contributed by atoms with Gasteiger partial charge in [0.05, 0.1) is 37.1 Å². The van der Waals surface area contributed by atoms with Crippen molar-refractivity contribution in [3.8, 4) is 0 Å². The van der Waals surface area contributed by atoms with Crippen molar-refractivity contribution in [3.05, 3.63) is 11.8 Å². The lowest BCUT2D eigenvalue weighted by Gasteiger charge is -2.44. The van der Waals surface area contributed by atoms with E-state index in [-0.39, 0.29) is 12.0 Å². The number of carbonyl (C=O) groups is 2. The topological polar surface area (TPSA) is 181 Å². The number of carbonyl (C=O) groups excluding carboxylic acids is 2. The maximum atomic E-state index is 12.3. The number of ether oxygens (including phenoxy) is 5. The van der Waals surface area contributed by atoms with Crippen LogP contribution in [0.25, 0.3) is 0 Å². The third-order valence-corrected chi connectivity index (χ3v) is 5.96. The second kappa shape index (κ2) is 8.98. The molecule has 12 heteroatoms. The molecule has 176 valence electrons. The molecule has 3 aliphatic rings. The zero-order valence-corrected chi connectivity index (χ0v) is 17.3. The van der Waals surface area contributed by atoms with Gasteiger partial charge >= 0.3 is 11.9 Å². The number of rotatable bonds is 5. The lowest BCUT2D eigenvalue weighted by atomic mass is 9.80. The average molecular weight is 448 g/mol. The van der Waals surface area contributed by atoms with E-state index in [0.29, 0.717) is 0 Å². The monoisotopic (exact) mass is 448 g/mol.